The summed E-state index contributed by atoms with van der Waals surface area (Å²) >= 11 is 0. The number of amides is 1. The highest BCUT2D eigenvalue weighted by Crippen LogP contribution is 2.46. The first kappa shape index (κ1) is 11.9. The number of aromatic amines is 1. The van der Waals surface area contributed by atoms with Crippen molar-refractivity contribution < 1.29 is 4.79 Å². The highest BCUT2D eigenvalue weighted by molar-refractivity contribution is 5.93. The van der Waals surface area contributed by atoms with Crippen molar-refractivity contribution in [1.82, 2.24) is 30.3 Å². The van der Waals surface area contributed by atoms with Crippen LogP contribution in [0.3, 0.4) is 0 Å². The number of carbonyl (C=O) groups is 1. The Kier molecular flexibility index (Phi) is 2.81. The highest BCUT2D eigenvalue weighted by atomic mass is 16.2. The van der Waals surface area contributed by atoms with E-state index < -0.39 is 0 Å². The lowest BCUT2D eigenvalue weighted by molar-refractivity contribution is 0.0937. The topological polar surface area (TPSA) is 88.5 Å². The van der Waals surface area contributed by atoms with Crippen LogP contribution in [-0.4, -0.2) is 37.4 Å². The monoisotopic (exact) mass is 260 g/mol. The van der Waals surface area contributed by atoms with Crippen molar-refractivity contribution in [3.8, 4) is 0 Å². The maximum absolute atomic E-state index is 12.0. The summed E-state index contributed by atoms with van der Waals surface area (Å²) in [5.74, 6) is -0.164. The molecule has 0 aliphatic heterocycles. The molecule has 2 aromatic rings. The van der Waals surface area contributed by atoms with Gasteiger partial charge in [0.15, 0.2) is 5.69 Å². The van der Waals surface area contributed by atoms with E-state index in [0.717, 1.165) is 19.4 Å². The third kappa shape index (κ3) is 2.49. The van der Waals surface area contributed by atoms with Gasteiger partial charge < -0.3 is 9.88 Å². The fourth-order valence-corrected chi connectivity index (χ4v) is 2.19. The van der Waals surface area contributed by atoms with E-state index in [9.17, 15) is 4.79 Å². The summed E-state index contributed by atoms with van der Waals surface area (Å²) in [6.45, 7) is 3.32. The van der Waals surface area contributed by atoms with Gasteiger partial charge in [0.05, 0.1) is 12.0 Å². The Labute approximate surface area is 110 Å². The number of hydrogen-bond donors (Lipinski definition) is 2. The van der Waals surface area contributed by atoms with Gasteiger partial charge in [-0.25, -0.2) is 4.98 Å². The third-order valence-electron chi connectivity index (χ3n) is 3.60. The van der Waals surface area contributed by atoms with E-state index in [1.165, 1.54) is 0 Å². The lowest BCUT2D eigenvalue weighted by atomic mass is 10.1. The van der Waals surface area contributed by atoms with E-state index >= 15 is 0 Å². The van der Waals surface area contributed by atoms with Crippen LogP contribution in [-0.2, 0) is 6.54 Å². The SMILES string of the molecule is Cc1n[nH]nc1C(=O)NCC1(Cn2ccnc2)CC1. The molecule has 1 amide bonds. The van der Waals surface area contributed by atoms with E-state index in [4.69, 9.17) is 0 Å². The average molecular weight is 260 g/mol. The zero-order chi connectivity index (χ0) is 13.3. The molecule has 3 rings (SSSR count). The molecule has 1 aliphatic rings. The van der Waals surface area contributed by atoms with E-state index in [2.05, 4.69) is 30.3 Å². The zero-order valence-corrected chi connectivity index (χ0v) is 10.8. The smallest absolute Gasteiger partial charge is 0.273 e. The minimum atomic E-state index is -0.164. The van der Waals surface area contributed by atoms with Crippen LogP contribution in [0.2, 0.25) is 0 Å². The molecule has 7 nitrogen and oxygen atoms in total. The van der Waals surface area contributed by atoms with E-state index in [1.54, 1.807) is 13.1 Å². The molecule has 0 spiro atoms. The lowest BCUT2D eigenvalue weighted by Crippen LogP contribution is -2.32. The second-order valence-corrected chi connectivity index (χ2v) is 5.18. The molecule has 2 N–H and O–H groups in total. The maximum atomic E-state index is 12.0. The molecule has 0 radical (unpaired) electrons. The molecule has 7 heteroatoms. The second kappa shape index (κ2) is 4.49. The van der Waals surface area contributed by atoms with Crippen LogP contribution >= 0.6 is 0 Å². The van der Waals surface area contributed by atoms with Crippen LogP contribution in [0.25, 0.3) is 0 Å². The van der Waals surface area contributed by atoms with Crippen molar-refractivity contribution in [3.63, 3.8) is 0 Å². The van der Waals surface area contributed by atoms with Gasteiger partial charge in [-0.2, -0.15) is 15.4 Å². The Balaban J connectivity index is 1.58. The summed E-state index contributed by atoms with van der Waals surface area (Å²) in [6, 6.07) is 0. The number of nitrogens with zero attached hydrogens (tertiary/aromatic N) is 4. The summed E-state index contributed by atoms with van der Waals surface area (Å²) in [5, 5.41) is 13.1. The van der Waals surface area contributed by atoms with Crippen molar-refractivity contribution in [2.75, 3.05) is 6.54 Å². The van der Waals surface area contributed by atoms with Crippen LogP contribution in [0.15, 0.2) is 18.7 Å². The fraction of sp³-hybridized carbons (Fsp3) is 0.500. The minimum absolute atomic E-state index is 0.164. The summed E-state index contributed by atoms with van der Waals surface area (Å²) in [4.78, 5) is 16.0. The minimum Gasteiger partial charge on any atom is -0.350 e. The standard InChI is InChI=1S/C12H16N6O/c1-9-10(16-17-15-9)11(19)14-6-12(2-3-12)7-18-5-4-13-8-18/h4-5,8H,2-3,6-7H2,1H3,(H,14,19)(H,15,16,17). The van der Waals surface area contributed by atoms with Gasteiger partial charge in [-0.15, -0.1) is 0 Å². The molecule has 2 heterocycles. The number of rotatable bonds is 5. The first-order chi connectivity index (χ1) is 9.19. The maximum Gasteiger partial charge on any atom is 0.273 e. The van der Waals surface area contributed by atoms with Gasteiger partial charge in [0.25, 0.3) is 5.91 Å². The number of imidazole rings is 1. The van der Waals surface area contributed by atoms with Crippen LogP contribution in [0.1, 0.15) is 29.0 Å². The molecule has 2 aromatic heterocycles. The molecule has 100 valence electrons. The van der Waals surface area contributed by atoms with Crippen LogP contribution in [0.4, 0.5) is 0 Å². The molecule has 0 atom stereocenters. The summed E-state index contributed by atoms with van der Waals surface area (Å²) in [5.41, 5.74) is 1.17. The van der Waals surface area contributed by atoms with Gasteiger partial charge in [-0.3, -0.25) is 4.79 Å². The predicted octanol–water partition coefficient (Wildman–Crippen LogP) is 0.520. The van der Waals surface area contributed by atoms with Gasteiger partial charge in [-0.1, -0.05) is 0 Å². The average Bonchev–Trinajstić information content (AvgIpc) is 2.78. The number of aryl methyl sites for hydroxylation is 1. The van der Waals surface area contributed by atoms with Crippen molar-refractivity contribution in [2.24, 2.45) is 5.41 Å². The van der Waals surface area contributed by atoms with Crippen molar-refractivity contribution >= 4 is 5.91 Å². The second-order valence-electron chi connectivity index (χ2n) is 5.18. The summed E-state index contributed by atoms with van der Waals surface area (Å²) in [7, 11) is 0. The Bertz CT molecular complexity index is 569. The zero-order valence-electron chi connectivity index (χ0n) is 10.8. The van der Waals surface area contributed by atoms with E-state index in [1.807, 2.05) is 12.5 Å². The Morgan fingerprint density at radius 2 is 2.37 bits per heavy atom. The van der Waals surface area contributed by atoms with Crippen molar-refractivity contribution in [2.45, 2.75) is 26.3 Å². The first-order valence-corrected chi connectivity index (χ1v) is 6.30. The molecular formula is C12H16N6O. The van der Waals surface area contributed by atoms with Gasteiger partial charge in [0.1, 0.15) is 0 Å². The molecule has 1 aliphatic carbocycles. The predicted molar refractivity (Wildman–Crippen MR) is 67.3 cm³/mol. The summed E-state index contributed by atoms with van der Waals surface area (Å²) < 4.78 is 2.06. The Morgan fingerprint density at radius 3 is 2.95 bits per heavy atom. The van der Waals surface area contributed by atoms with Crippen LogP contribution < -0.4 is 5.32 Å². The first-order valence-electron chi connectivity index (χ1n) is 6.30. The summed E-state index contributed by atoms with van der Waals surface area (Å²) in [6.07, 6.45) is 7.78. The quantitative estimate of drug-likeness (QED) is 0.820. The normalized spacial score (nSPS) is 16.3. The molecule has 0 saturated heterocycles. The number of H-pyrrole nitrogens is 1. The van der Waals surface area contributed by atoms with Gasteiger partial charge >= 0.3 is 0 Å². The Hall–Kier alpha value is -2.18. The lowest BCUT2D eigenvalue weighted by Gasteiger charge is -2.16. The molecule has 1 saturated carbocycles. The number of aromatic nitrogens is 5. The number of carbonyl (C=O) groups excluding carboxylic acids is 1. The molecule has 0 unspecified atom stereocenters. The van der Waals surface area contributed by atoms with Gasteiger partial charge in [-0.05, 0) is 19.8 Å². The highest BCUT2D eigenvalue weighted by Gasteiger charge is 2.43. The molecular weight excluding hydrogens is 244 g/mol. The molecule has 1 fully saturated rings. The molecule has 19 heavy (non-hydrogen) atoms. The van der Waals surface area contributed by atoms with Crippen LogP contribution in [0, 0.1) is 12.3 Å². The van der Waals surface area contributed by atoms with Gasteiger partial charge in [0.2, 0.25) is 0 Å². The number of hydrogen-bond acceptors (Lipinski definition) is 4. The fourth-order valence-electron chi connectivity index (χ4n) is 2.19. The third-order valence-corrected chi connectivity index (χ3v) is 3.60. The Morgan fingerprint density at radius 1 is 1.53 bits per heavy atom. The van der Waals surface area contributed by atoms with Gasteiger partial charge in [0, 0.05) is 30.9 Å². The number of nitrogens with one attached hydrogen (secondary N) is 2. The molecule has 0 bridgehead atoms. The van der Waals surface area contributed by atoms with Crippen molar-refractivity contribution in [1.29, 1.82) is 0 Å². The van der Waals surface area contributed by atoms with E-state index in [-0.39, 0.29) is 11.3 Å². The van der Waals surface area contributed by atoms with Crippen LogP contribution in [0.5, 0.6) is 0 Å². The van der Waals surface area contributed by atoms with E-state index in [0.29, 0.717) is 17.9 Å². The largest absolute Gasteiger partial charge is 0.350 e. The van der Waals surface area contributed by atoms with Crippen molar-refractivity contribution in [3.05, 3.63) is 30.1 Å². The molecule has 0 aromatic carbocycles.